The van der Waals surface area contributed by atoms with E-state index in [0.717, 1.165) is 0 Å². The van der Waals surface area contributed by atoms with Crippen LogP contribution in [-0.4, -0.2) is 0 Å². The average molecular weight is 184 g/mol. The normalized spacial score (nSPS) is 10.3. The third-order valence-corrected chi connectivity index (χ3v) is 1.32. The minimum absolute atomic E-state index is 1.22. The predicted octanol–water partition coefficient (Wildman–Crippen LogP) is 3.05. The maximum Gasteiger partial charge on any atom is -0.0183 e. The van der Waals surface area contributed by atoms with Crippen molar-refractivity contribution in [2.24, 2.45) is 0 Å². The quantitative estimate of drug-likeness (QED) is 0.588. The summed E-state index contributed by atoms with van der Waals surface area (Å²) in [7, 11) is 0. The van der Waals surface area contributed by atoms with Crippen LogP contribution in [0.2, 0.25) is 0 Å². The Hall–Kier alpha value is -0.560. The summed E-state index contributed by atoms with van der Waals surface area (Å²) < 4.78 is 0. The molecule has 0 spiro atoms. The largest absolute Gasteiger partial charge is 0.0622 e. The van der Waals surface area contributed by atoms with E-state index >= 15 is 0 Å². The van der Waals surface area contributed by atoms with E-state index in [9.17, 15) is 0 Å². The van der Waals surface area contributed by atoms with E-state index in [0.29, 0.717) is 0 Å². The molecule has 1 aromatic rings. The van der Waals surface area contributed by atoms with E-state index in [1.807, 2.05) is 29.3 Å². The summed E-state index contributed by atoms with van der Waals surface area (Å²) in [5.41, 5.74) is 1.22. The van der Waals surface area contributed by atoms with Crippen LogP contribution in [0.15, 0.2) is 35.3 Å². The molecule has 0 aliphatic carbocycles. The molecule has 0 radical (unpaired) electrons. The van der Waals surface area contributed by atoms with Gasteiger partial charge in [0.25, 0.3) is 0 Å². The molecule has 0 N–H and O–H groups in total. The molecule has 0 saturated heterocycles. The molecule has 0 nitrogen and oxygen atoms in total. The first kappa shape index (κ1) is 6.56. The first-order chi connectivity index (χ1) is 4.43. The maximum atomic E-state index is 3.21. The monoisotopic (exact) mass is 183 g/mol. The molecular formula is C8H7Br. The van der Waals surface area contributed by atoms with Crippen molar-refractivity contribution in [2.75, 3.05) is 0 Å². The van der Waals surface area contributed by atoms with Crippen LogP contribution in [0.3, 0.4) is 0 Å². The molecule has 0 aliphatic heterocycles. The van der Waals surface area contributed by atoms with Crippen molar-refractivity contribution >= 4 is 22.0 Å². The third-order valence-electron chi connectivity index (χ3n) is 1.06. The van der Waals surface area contributed by atoms with Gasteiger partial charge in [0, 0.05) is 0 Å². The van der Waals surface area contributed by atoms with Crippen molar-refractivity contribution in [3.05, 3.63) is 40.9 Å². The molecule has 0 unspecified atom stereocenters. The molecule has 0 amide bonds. The zero-order chi connectivity index (χ0) is 6.53. The summed E-state index contributed by atoms with van der Waals surface area (Å²) in [6, 6.07) is 10.1. The summed E-state index contributed by atoms with van der Waals surface area (Å²) in [5.74, 6) is 0. The topological polar surface area (TPSA) is 0 Å². The van der Waals surface area contributed by atoms with Crippen molar-refractivity contribution in [1.82, 2.24) is 0 Å². The van der Waals surface area contributed by atoms with Crippen LogP contribution in [0.25, 0.3) is 6.08 Å². The van der Waals surface area contributed by atoms with Crippen molar-refractivity contribution in [1.29, 1.82) is 0 Å². The fourth-order valence-electron chi connectivity index (χ4n) is 0.637. The standard InChI is InChI=1S/C8H7Br/c9-7-6-8-4-2-1-3-5-8/h1-7H/i6+1. The molecule has 1 aromatic carbocycles. The van der Waals surface area contributed by atoms with E-state index in [4.69, 9.17) is 0 Å². The first-order valence-corrected chi connectivity index (χ1v) is 3.67. The summed E-state index contributed by atoms with van der Waals surface area (Å²) in [4.78, 5) is 1.85. The molecule has 9 heavy (non-hydrogen) atoms. The van der Waals surface area contributed by atoms with Crippen LogP contribution in [0, 0.1) is 0 Å². The third kappa shape index (κ3) is 2.02. The van der Waals surface area contributed by atoms with Gasteiger partial charge in [0.05, 0.1) is 0 Å². The van der Waals surface area contributed by atoms with Crippen molar-refractivity contribution in [3.8, 4) is 0 Å². The number of benzene rings is 1. The maximum absolute atomic E-state index is 3.21. The van der Waals surface area contributed by atoms with Gasteiger partial charge in [-0.15, -0.1) is 0 Å². The number of hydrogen-bond donors (Lipinski definition) is 0. The molecule has 0 heterocycles. The van der Waals surface area contributed by atoms with Crippen LogP contribution in [0.5, 0.6) is 0 Å². The molecular weight excluding hydrogens is 177 g/mol. The molecule has 1 rings (SSSR count). The molecule has 0 bridgehead atoms. The second kappa shape index (κ2) is 3.46. The Morgan fingerprint density at radius 2 is 1.78 bits per heavy atom. The first-order valence-electron chi connectivity index (χ1n) is 2.75. The van der Waals surface area contributed by atoms with Gasteiger partial charge in [-0.3, -0.25) is 0 Å². The van der Waals surface area contributed by atoms with E-state index in [1.54, 1.807) is 0 Å². The molecule has 0 saturated carbocycles. The van der Waals surface area contributed by atoms with Crippen molar-refractivity contribution in [3.63, 3.8) is 0 Å². The highest BCUT2D eigenvalue weighted by Crippen LogP contribution is 2.01. The fraction of sp³-hybridized carbons (Fsp3) is 0. The lowest BCUT2D eigenvalue weighted by molar-refractivity contribution is 1.67. The van der Waals surface area contributed by atoms with Crippen molar-refractivity contribution < 1.29 is 0 Å². The van der Waals surface area contributed by atoms with Gasteiger partial charge < -0.3 is 0 Å². The van der Waals surface area contributed by atoms with Crippen LogP contribution in [0.4, 0.5) is 0 Å². The Morgan fingerprint density at radius 3 is 2.33 bits per heavy atom. The van der Waals surface area contributed by atoms with Gasteiger partial charge in [-0.1, -0.05) is 46.3 Å². The minimum atomic E-state index is 1.22. The highest BCUT2D eigenvalue weighted by atomic mass is 79.9. The van der Waals surface area contributed by atoms with E-state index < -0.39 is 0 Å². The molecule has 0 fully saturated rings. The minimum Gasteiger partial charge on any atom is -0.0622 e. The second-order valence-corrected chi connectivity index (χ2v) is 2.23. The number of halogens is 1. The molecule has 46 valence electrons. The highest BCUT2D eigenvalue weighted by Gasteiger charge is 1.78. The number of hydrogen-bond acceptors (Lipinski definition) is 0. The Kier molecular flexibility index (Phi) is 2.52. The Morgan fingerprint density at radius 1 is 1.11 bits per heavy atom. The van der Waals surface area contributed by atoms with Gasteiger partial charge in [0.2, 0.25) is 0 Å². The van der Waals surface area contributed by atoms with Gasteiger partial charge in [-0.2, -0.15) is 0 Å². The zero-order valence-corrected chi connectivity index (χ0v) is 6.51. The molecule has 0 aliphatic rings. The smallest absolute Gasteiger partial charge is 0.0183 e. The zero-order valence-electron chi connectivity index (χ0n) is 4.92. The second-order valence-electron chi connectivity index (χ2n) is 1.70. The predicted molar refractivity (Wildman–Crippen MR) is 44.4 cm³/mol. The summed E-state index contributed by atoms with van der Waals surface area (Å²) in [6.07, 6.45) is 2.00. The lowest BCUT2D eigenvalue weighted by atomic mass is 10.3. The summed E-state index contributed by atoms with van der Waals surface area (Å²) in [5, 5.41) is 0. The molecule has 1 heteroatoms. The van der Waals surface area contributed by atoms with Gasteiger partial charge >= 0.3 is 0 Å². The van der Waals surface area contributed by atoms with Crippen molar-refractivity contribution in [2.45, 2.75) is 0 Å². The van der Waals surface area contributed by atoms with Crippen LogP contribution in [0.1, 0.15) is 5.56 Å². The van der Waals surface area contributed by atoms with Gasteiger partial charge in [-0.25, -0.2) is 0 Å². The fourth-order valence-corrected chi connectivity index (χ4v) is 0.942. The van der Waals surface area contributed by atoms with Crippen LogP contribution >= 0.6 is 15.9 Å². The SMILES string of the molecule is BrC=[13CH]c1ccccc1. The van der Waals surface area contributed by atoms with E-state index in [2.05, 4.69) is 28.1 Å². The number of rotatable bonds is 1. The van der Waals surface area contributed by atoms with E-state index in [1.165, 1.54) is 5.56 Å². The summed E-state index contributed by atoms with van der Waals surface area (Å²) >= 11 is 3.21. The van der Waals surface area contributed by atoms with Gasteiger partial charge in [0.15, 0.2) is 0 Å². The Bertz CT molecular complexity index is 189. The average Bonchev–Trinajstić information content (AvgIpc) is 1.91. The lowest BCUT2D eigenvalue weighted by Crippen LogP contribution is -1.64. The van der Waals surface area contributed by atoms with Gasteiger partial charge in [-0.05, 0) is 16.6 Å². The van der Waals surface area contributed by atoms with E-state index in [-0.39, 0.29) is 0 Å². The van der Waals surface area contributed by atoms with Gasteiger partial charge in [0.1, 0.15) is 0 Å². The Balaban J connectivity index is 2.85. The lowest BCUT2D eigenvalue weighted by Gasteiger charge is -1.86. The molecule has 0 atom stereocenters. The highest BCUT2D eigenvalue weighted by molar-refractivity contribution is 9.11. The van der Waals surface area contributed by atoms with Crippen LogP contribution in [-0.2, 0) is 0 Å². The van der Waals surface area contributed by atoms with Crippen LogP contribution < -0.4 is 0 Å². The summed E-state index contributed by atoms with van der Waals surface area (Å²) in [6.45, 7) is 0. The molecule has 0 aromatic heterocycles. The Labute approximate surface area is 63.3 Å².